The van der Waals surface area contributed by atoms with E-state index in [1.54, 1.807) is 31.2 Å². The summed E-state index contributed by atoms with van der Waals surface area (Å²) in [5.74, 6) is 3.17. The van der Waals surface area contributed by atoms with Crippen molar-refractivity contribution >= 4 is 39.4 Å². The van der Waals surface area contributed by atoms with Crippen LogP contribution in [0.15, 0.2) is 58.4 Å². The zero-order valence-corrected chi connectivity index (χ0v) is 15.9. The van der Waals surface area contributed by atoms with Crippen LogP contribution in [0.5, 0.6) is 0 Å². The predicted molar refractivity (Wildman–Crippen MR) is 105 cm³/mol. The maximum Gasteiger partial charge on any atom is 0.321 e. The number of ether oxygens (including phenoxy) is 1. The molecule has 0 bridgehead atoms. The minimum atomic E-state index is -3.81. The lowest BCUT2D eigenvalue weighted by Crippen LogP contribution is -2.19. The molecule has 0 aliphatic carbocycles. The van der Waals surface area contributed by atoms with Crippen LogP contribution in [0.1, 0.15) is 17.3 Å². The number of carbonyl (C=O) groups excluding carboxylic acids is 2. The standard InChI is InChI=1S/C18H20N4O5S/c1-2-27-17(23)11-28(25,26)16-8-6-14(7-9-16)22-18(24)13-4-3-5-15(10-13)20-12-21-19/h3-10,12H,2,11,19H2,1H3,(H,20,21)(H,22,24). The van der Waals surface area contributed by atoms with Gasteiger partial charge < -0.3 is 15.5 Å². The van der Waals surface area contributed by atoms with E-state index in [4.69, 9.17) is 5.84 Å². The van der Waals surface area contributed by atoms with E-state index in [2.05, 4.69) is 20.5 Å². The van der Waals surface area contributed by atoms with Crippen molar-refractivity contribution in [3.63, 3.8) is 0 Å². The Hall–Kier alpha value is -3.24. The molecule has 0 aliphatic heterocycles. The molecule has 2 aromatic carbocycles. The number of nitrogens with two attached hydrogens (primary N) is 1. The number of aliphatic imine (C=N–C) groups is 1. The fraction of sp³-hybridized carbons (Fsp3) is 0.167. The highest BCUT2D eigenvalue weighted by Gasteiger charge is 2.20. The fourth-order valence-electron chi connectivity index (χ4n) is 2.23. The summed E-state index contributed by atoms with van der Waals surface area (Å²) >= 11 is 0. The Labute approximate surface area is 162 Å². The van der Waals surface area contributed by atoms with Crippen LogP contribution in [0.4, 0.5) is 11.4 Å². The van der Waals surface area contributed by atoms with Gasteiger partial charge >= 0.3 is 5.97 Å². The molecule has 0 unspecified atom stereocenters. The third-order valence-electron chi connectivity index (χ3n) is 3.48. The number of anilines is 1. The summed E-state index contributed by atoms with van der Waals surface area (Å²) in [7, 11) is -3.81. The average molecular weight is 404 g/mol. The lowest BCUT2D eigenvalue weighted by molar-refractivity contribution is -0.139. The Bertz CT molecular complexity index is 972. The first-order valence-electron chi connectivity index (χ1n) is 8.24. The molecular formula is C18H20N4O5S. The van der Waals surface area contributed by atoms with Gasteiger partial charge in [-0.15, -0.1) is 0 Å². The first-order chi connectivity index (χ1) is 13.4. The largest absolute Gasteiger partial charge is 0.465 e. The summed E-state index contributed by atoms with van der Waals surface area (Å²) in [5.41, 5.74) is 3.57. The number of hydrogen-bond acceptors (Lipinski definition) is 7. The topological polar surface area (TPSA) is 140 Å². The molecule has 0 spiro atoms. The third kappa shape index (κ3) is 5.89. The van der Waals surface area contributed by atoms with Crippen LogP contribution < -0.4 is 16.6 Å². The van der Waals surface area contributed by atoms with Gasteiger partial charge in [-0.05, 0) is 49.4 Å². The molecular weight excluding hydrogens is 384 g/mol. The Kier molecular flexibility index (Phi) is 7.24. The SMILES string of the molecule is CCOC(=O)CS(=O)(=O)c1ccc(NC(=O)c2cccc(N=CNN)c2)cc1. The van der Waals surface area contributed by atoms with E-state index < -0.39 is 21.6 Å². The van der Waals surface area contributed by atoms with Gasteiger partial charge in [-0.25, -0.2) is 19.3 Å². The summed E-state index contributed by atoms with van der Waals surface area (Å²) in [5, 5.41) is 2.66. The van der Waals surface area contributed by atoms with E-state index in [0.717, 1.165) is 0 Å². The lowest BCUT2D eigenvalue weighted by Gasteiger charge is -2.08. The van der Waals surface area contributed by atoms with E-state index in [1.807, 2.05) is 0 Å². The monoisotopic (exact) mass is 404 g/mol. The highest BCUT2D eigenvalue weighted by atomic mass is 32.2. The Morgan fingerprint density at radius 1 is 1.18 bits per heavy atom. The number of amides is 1. The van der Waals surface area contributed by atoms with Crippen LogP contribution in [-0.4, -0.2) is 39.0 Å². The van der Waals surface area contributed by atoms with Gasteiger partial charge in [-0.2, -0.15) is 0 Å². The molecule has 10 heteroatoms. The smallest absolute Gasteiger partial charge is 0.321 e. The third-order valence-corrected chi connectivity index (χ3v) is 5.09. The van der Waals surface area contributed by atoms with E-state index in [0.29, 0.717) is 16.9 Å². The minimum Gasteiger partial charge on any atom is -0.465 e. The lowest BCUT2D eigenvalue weighted by atomic mass is 10.2. The molecule has 148 valence electrons. The zero-order valence-electron chi connectivity index (χ0n) is 15.1. The number of hydrazine groups is 1. The van der Waals surface area contributed by atoms with Crippen LogP contribution in [0.25, 0.3) is 0 Å². The molecule has 2 rings (SSSR count). The van der Waals surface area contributed by atoms with Crippen molar-refractivity contribution in [1.29, 1.82) is 0 Å². The molecule has 0 aliphatic rings. The van der Waals surface area contributed by atoms with E-state index in [-0.39, 0.29) is 17.4 Å². The molecule has 0 heterocycles. The Balaban J connectivity index is 2.09. The number of rotatable bonds is 8. The summed E-state index contributed by atoms with van der Waals surface area (Å²) in [4.78, 5) is 27.7. The van der Waals surface area contributed by atoms with E-state index in [1.165, 1.54) is 30.6 Å². The Morgan fingerprint density at radius 2 is 1.89 bits per heavy atom. The summed E-state index contributed by atoms with van der Waals surface area (Å²) in [6.07, 6.45) is 1.28. The number of nitrogens with one attached hydrogen (secondary N) is 2. The molecule has 9 nitrogen and oxygen atoms in total. The van der Waals surface area contributed by atoms with Crippen molar-refractivity contribution in [3.05, 3.63) is 54.1 Å². The van der Waals surface area contributed by atoms with Crippen LogP contribution in [0.2, 0.25) is 0 Å². The van der Waals surface area contributed by atoms with Crippen LogP contribution >= 0.6 is 0 Å². The van der Waals surface area contributed by atoms with Crippen molar-refractivity contribution in [1.82, 2.24) is 5.43 Å². The molecule has 0 saturated heterocycles. The first kappa shape index (κ1) is 21.1. The van der Waals surface area contributed by atoms with Gasteiger partial charge in [0.25, 0.3) is 5.91 Å². The second-order valence-corrected chi connectivity index (χ2v) is 7.51. The molecule has 0 fully saturated rings. The molecule has 0 aromatic heterocycles. The van der Waals surface area contributed by atoms with Gasteiger partial charge in [0.2, 0.25) is 0 Å². The van der Waals surface area contributed by atoms with Crippen molar-refractivity contribution < 1.29 is 22.7 Å². The first-order valence-corrected chi connectivity index (χ1v) is 9.89. The summed E-state index contributed by atoms with van der Waals surface area (Å²) in [6, 6.07) is 12.1. The molecule has 28 heavy (non-hydrogen) atoms. The Morgan fingerprint density at radius 3 is 2.54 bits per heavy atom. The quantitative estimate of drug-likeness (QED) is 0.199. The molecule has 1 amide bonds. The van der Waals surface area contributed by atoms with Gasteiger partial charge in [0, 0.05) is 11.3 Å². The predicted octanol–water partition coefficient (Wildman–Crippen LogP) is 1.40. The van der Waals surface area contributed by atoms with Crippen molar-refractivity contribution in [2.45, 2.75) is 11.8 Å². The van der Waals surface area contributed by atoms with Gasteiger partial charge in [-0.1, -0.05) is 6.07 Å². The van der Waals surface area contributed by atoms with Gasteiger partial charge in [-0.3, -0.25) is 9.59 Å². The van der Waals surface area contributed by atoms with Crippen molar-refractivity contribution in [2.75, 3.05) is 17.7 Å². The minimum absolute atomic E-state index is 0.0378. The molecule has 0 atom stereocenters. The van der Waals surface area contributed by atoms with Crippen molar-refractivity contribution in [3.8, 4) is 0 Å². The fourth-order valence-corrected chi connectivity index (χ4v) is 3.34. The van der Waals surface area contributed by atoms with E-state index in [9.17, 15) is 18.0 Å². The van der Waals surface area contributed by atoms with E-state index >= 15 is 0 Å². The average Bonchev–Trinajstić information content (AvgIpc) is 2.66. The molecule has 0 radical (unpaired) electrons. The van der Waals surface area contributed by atoms with Crippen molar-refractivity contribution in [2.24, 2.45) is 10.8 Å². The number of hydrogen-bond donors (Lipinski definition) is 3. The number of esters is 1. The molecule has 0 saturated carbocycles. The highest BCUT2D eigenvalue weighted by molar-refractivity contribution is 7.92. The van der Waals surface area contributed by atoms with Gasteiger partial charge in [0.1, 0.15) is 6.34 Å². The number of benzene rings is 2. The molecule has 4 N–H and O–H groups in total. The van der Waals surface area contributed by atoms with Crippen LogP contribution in [0.3, 0.4) is 0 Å². The maximum absolute atomic E-state index is 12.4. The van der Waals surface area contributed by atoms with Gasteiger partial charge in [0.05, 0.1) is 17.2 Å². The van der Waals surface area contributed by atoms with Gasteiger partial charge in [0.15, 0.2) is 15.6 Å². The zero-order chi connectivity index (χ0) is 20.6. The second kappa shape index (κ2) is 9.62. The summed E-state index contributed by atoms with van der Waals surface area (Å²) in [6.45, 7) is 1.70. The highest BCUT2D eigenvalue weighted by Crippen LogP contribution is 2.18. The maximum atomic E-state index is 12.4. The molecule has 2 aromatic rings. The van der Waals surface area contributed by atoms with Crippen LogP contribution in [0, 0.1) is 0 Å². The number of sulfone groups is 1. The second-order valence-electron chi connectivity index (χ2n) is 5.52. The number of nitrogens with zero attached hydrogens (tertiary/aromatic N) is 1. The number of carbonyl (C=O) groups is 2. The van der Waals surface area contributed by atoms with Crippen LogP contribution in [-0.2, 0) is 19.4 Å². The summed E-state index contributed by atoms with van der Waals surface area (Å²) < 4.78 is 29.0. The normalized spacial score (nSPS) is 11.2.